The topological polar surface area (TPSA) is 74.3 Å². The Balaban J connectivity index is 1.57. The number of fused-ring (bicyclic) bond motifs is 1. The number of furan rings is 1. The lowest BCUT2D eigenvalue weighted by atomic mass is 10.2. The molecule has 3 aromatic heterocycles. The van der Waals surface area contributed by atoms with E-state index in [0.717, 1.165) is 38.3 Å². The molecule has 10 heteroatoms. The summed E-state index contributed by atoms with van der Waals surface area (Å²) in [7, 11) is 0. The number of pyridine rings is 1. The Bertz CT molecular complexity index is 1340. The van der Waals surface area contributed by atoms with Crippen LogP contribution in [0.1, 0.15) is 23.8 Å². The minimum Gasteiger partial charge on any atom is -0.467 e. The number of amides is 1. The number of likely N-dealkylation sites (N-methyl/N-ethyl adjacent to an activating group) is 1. The van der Waals surface area contributed by atoms with Crippen LogP contribution in [0.2, 0.25) is 0 Å². The second-order valence-corrected chi connectivity index (χ2v) is 10.0. The summed E-state index contributed by atoms with van der Waals surface area (Å²) in [5.74, 6) is 1.03. The van der Waals surface area contributed by atoms with Crippen LogP contribution in [0.5, 0.6) is 0 Å². The van der Waals surface area contributed by atoms with E-state index >= 15 is 0 Å². The molecule has 5 heterocycles. The van der Waals surface area contributed by atoms with Crippen LogP contribution >= 0.6 is 24.0 Å². The SMILES string of the molecule is CCN1CCN(c2nc3ccc(C)cn3c(=O)c2C=C2SC(=S)N(Cc3ccco3)C2=O)CC1. The van der Waals surface area contributed by atoms with Crippen molar-refractivity contribution in [2.45, 2.75) is 20.4 Å². The van der Waals surface area contributed by atoms with Crippen molar-refractivity contribution in [1.29, 1.82) is 0 Å². The molecular weight excluding hydrogens is 470 g/mol. The van der Waals surface area contributed by atoms with Gasteiger partial charge in [-0.3, -0.25) is 18.9 Å². The fourth-order valence-corrected chi connectivity index (χ4v) is 5.45. The molecule has 2 fully saturated rings. The van der Waals surface area contributed by atoms with E-state index in [1.54, 1.807) is 35.1 Å². The van der Waals surface area contributed by atoms with Crippen molar-refractivity contribution in [3.05, 3.63) is 68.9 Å². The normalized spacial score (nSPS) is 18.6. The van der Waals surface area contributed by atoms with Gasteiger partial charge in [-0.2, -0.15) is 0 Å². The second-order valence-electron chi connectivity index (χ2n) is 8.36. The number of anilines is 1. The average molecular weight is 496 g/mol. The predicted molar refractivity (Wildman–Crippen MR) is 138 cm³/mol. The number of hydrogen-bond donors (Lipinski definition) is 0. The third-order valence-corrected chi connectivity index (χ3v) is 7.53. The van der Waals surface area contributed by atoms with Crippen LogP contribution in [0.3, 0.4) is 0 Å². The van der Waals surface area contributed by atoms with Crippen LogP contribution in [0.4, 0.5) is 5.82 Å². The highest BCUT2D eigenvalue weighted by Gasteiger charge is 2.33. The highest BCUT2D eigenvalue weighted by atomic mass is 32.2. The largest absolute Gasteiger partial charge is 0.467 e. The summed E-state index contributed by atoms with van der Waals surface area (Å²) < 4.78 is 7.38. The molecule has 2 aliphatic heterocycles. The Hall–Kier alpha value is -2.95. The average Bonchev–Trinajstić information content (AvgIpc) is 3.45. The summed E-state index contributed by atoms with van der Waals surface area (Å²) in [4.78, 5) is 38.1. The summed E-state index contributed by atoms with van der Waals surface area (Å²) in [6.07, 6.45) is 5.01. The summed E-state index contributed by atoms with van der Waals surface area (Å²) in [5, 5.41) is 0. The molecule has 0 aliphatic carbocycles. The van der Waals surface area contributed by atoms with Gasteiger partial charge < -0.3 is 14.2 Å². The monoisotopic (exact) mass is 495 g/mol. The zero-order valence-electron chi connectivity index (χ0n) is 19.1. The van der Waals surface area contributed by atoms with E-state index in [4.69, 9.17) is 21.6 Å². The Labute approximate surface area is 206 Å². The Morgan fingerprint density at radius 2 is 1.97 bits per heavy atom. The lowest BCUT2D eigenvalue weighted by molar-refractivity contribution is -0.122. The van der Waals surface area contributed by atoms with Crippen LogP contribution in [-0.4, -0.2) is 62.1 Å². The number of aryl methyl sites for hydroxylation is 1. The molecule has 8 nitrogen and oxygen atoms in total. The van der Waals surface area contributed by atoms with Gasteiger partial charge in [-0.25, -0.2) is 4.98 Å². The van der Waals surface area contributed by atoms with Crippen molar-refractivity contribution in [3.63, 3.8) is 0 Å². The zero-order valence-corrected chi connectivity index (χ0v) is 20.7. The van der Waals surface area contributed by atoms with Gasteiger partial charge in [0.1, 0.15) is 21.5 Å². The number of nitrogens with zero attached hydrogens (tertiary/aromatic N) is 5. The highest BCUT2D eigenvalue weighted by Crippen LogP contribution is 2.34. The number of hydrogen-bond acceptors (Lipinski definition) is 8. The first-order valence-electron chi connectivity index (χ1n) is 11.2. The van der Waals surface area contributed by atoms with E-state index in [1.165, 1.54) is 16.7 Å². The highest BCUT2D eigenvalue weighted by molar-refractivity contribution is 8.26. The first-order chi connectivity index (χ1) is 16.4. The second kappa shape index (κ2) is 9.36. The van der Waals surface area contributed by atoms with Crippen LogP contribution in [0.25, 0.3) is 11.7 Å². The molecule has 0 saturated carbocycles. The van der Waals surface area contributed by atoms with Gasteiger partial charge in [-0.05, 0) is 43.3 Å². The van der Waals surface area contributed by atoms with Crippen molar-refractivity contribution < 1.29 is 9.21 Å². The molecule has 34 heavy (non-hydrogen) atoms. The summed E-state index contributed by atoms with van der Waals surface area (Å²) in [5.41, 5.74) is 1.76. The van der Waals surface area contributed by atoms with E-state index in [9.17, 15) is 9.59 Å². The maximum Gasteiger partial charge on any atom is 0.267 e. The third kappa shape index (κ3) is 4.28. The minimum atomic E-state index is -0.234. The number of rotatable bonds is 5. The molecular formula is C24H25N5O3S2. The molecule has 0 aromatic carbocycles. The van der Waals surface area contributed by atoms with Gasteiger partial charge in [0.25, 0.3) is 11.5 Å². The predicted octanol–water partition coefficient (Wildman–Crippen LogP) is 3.14. The van der Waals surface area contributed by atoms with Crippen LogP contribution in [0, 0.1) is 6.92 Å². The Morgan fingerprint density at radius 3 is 2.68 bits per heavy atom. The fraction of sp³-hybridized carbons (Fsp3) is 0.333. The summed E-state index contributed by atoms with van der Waals surface area (Å²) in [6.45, 7) is 8.66. The summed E-state index contributed by atoms with van der Waals surface area (Å²) >= 11 is 6.67. The van der Waals surface area contributed by atoms with Crippen molar-refractivity contribution in [2.75, 3.05) is 37.6 Å². The molecule has 5 rings (SSSR count). The zero-order chi connectivity index (χ0) is 23.8. The molecule has 3 aromatic rings. The molecule has 176 valence electrons. The molecule has 1 amide bonds. The number of carbonyl (C=O) groups excluding carboxylic acids is 1. The van der Waals surface area contributed by atoms with Crippen molar-refractivity contribution >= 4 is 51.7 Å². The third-order valence-electron chi connectivity index (χ3n) is 6.15. The Morgan fingerprint density at radius 1 is 1.18 bits per heavy atom. The van der Waals surface area contributed by atoms with Gasteiger partial charge in [-0.1, -0.05) is 37.0 Å². The number of aromatic nitrogens is 2. The fourth-order valence-electron chi connectivity index (χ4n) is 4.22. The smallest absolute Gasteiger partial charge is 0.267 e. The van der Waals surface area contributed by atoms with E-state index in [2.05, 4.69) is 16.7 Å². The van der Waals surface area contributed by atoms with Gasteiger partial charge in [0.15, 0.2) is 0 Å². The molecule has 0 N–H and O–H groups in total. The van der Waals surface area contributed by atoms with Crippen molar-refractivity contribution in [3.8, 4) is 0 Å². The van der Waals surface area contributed by atoms with Gasteiger partial charge in [0.2, 0.25) is 0 Å². The molecule has 2 aliphatic rings. The first kappa shape index (κ1) is 22.8. The minimum absolute atomic E-state index is 0.196. The number of piperazine rings is 1. The lowest BCUT2D eigenvalue weighted by Crippen LogP contribution is -2.47. The van der Waals surface area contributed by atoms with Crippen LogP contribution in [-0.2, 0) is 11.3 Å². The van der Waals surface area contributed by atoms with Gasteiger partial charge >= 0.3 is 0 Å². The molecule has 0 radical (unpaired) electrons. The number of carbonyl (C=O) groups is 1. The van der Waals surface area contributed by atoms with E-state index in [0.29, 0.717) is 32.0 Å². The molecule has 0 atom stereocenters. The van der Waals surface area contributed by atoms with Crippen molar-refractivity contribution in [1.82, 2.24) is 19.2 Å². The quantitative estimate of drug-likeness (QED) is 0.395. The van der Waals surface area contributed by atoms with E-state index in [-0.39, 0.29) is 18.0 Å². The van der Waals surface area contributed by atoms with Crippen LogP contribution in [0.15, 0.2) is 50.8 Å². The molecule has 0 bridgehead atoms. The standard InChI is InChI=1S/C24H25N5O3S2/c1-3-26-8-10-27(11-9-26)21-18(22(30)28-14-16(2)6-7-20(28)25-21)13-19-23(31)29(24(33)34-19)15-17-5-4-12-32-17/h4-7,12-14H,3,8-11,15H2,1-2H3. The van der Waals surface area contributed by atoms with E-state index < -0.39 is 0 Å². The van der Waals surface area contributed by atoms with Gasteiger partial charge in [0.05, 0.1) is 23.3 Å². The number of thiocarbonyl (C=S) groups is 1. The first-order valence-corrected chi connectivity index (χ1v) is 12.4. The van der Waals surface area contributed by atoms with Gasteiger partial charge in [0, 0.05) is 32.4 Å². The van der Waals surface area contributed by atoms with Crippen LogP contribution < -0.4 is 10.5 Å². The van der Waals surface area contributed by atoms with E-state index in [1.807, 2.05) is 19.1 Å². The maximum absolute atomic E-state index is 13.6. The number of thioether (sulfide) groups is 1. The lowest BCUT2D eigenvalue weighted by Gasteiger charge is -2.35. The maximum atomic E-state index is 13.6. The molecule has 0 spiro atoms. The Kier molecular flexibility index (Phi) is 6.28. The van der Waals surface area contributed by atoms with Gasteiger partial charge in [-0.15, -0.1) is 0 Å². The summed E-state index contributed by atoms with van der Waals surface area (Å²) in [6, 6.07) is 7.38. The molecule has 0 unspecified atom stereocenters. The molecule has 2 saturated heterocycles. The van der Waals surface area contributed by atoms with Crippen molar-refractivity contribution in [2.24, 2.45) is 0 Å².